The van der Waals surface area contributed by atoms with E-state index in [0.717, 1.165) is 11.4 Å². The Morgan fingerprint density at radius 2 is 1.91 bits per heavy atom. The lowest BCUT2D eigenvalue weighted by molar-refractivity contribution is -0.141. The fourth-order valence-electron chi connectivity index (χ4n) is 3.64. The van der Waals surface area contributed by atoms with Crippen molar-refractivity contribution in [2.45, 2.75) is 26.5 Å². The Morgan fingerprint density at radius 1 is 1.12 bits per heavy atom. The van der Waals surface area contributed by atoms with Crippen molar-refractivity contribution in [1.29, 1.82) is 0 Å². The lowest BCUT2D eigenvalue weighted by Gasteiger charge is -2.27. The summed E-state index contributed by atoms with van der Waals surface area (Å²) in [6.45, 7) is 3.86. The van der Waals surface area contributed by atoms with E-state index in [1.807, 2.05) is 42.7 Å². The van der Waals surface area contributed by atoms with Gasteiger partial charge in [0.15, 0.2) is 30.0 Å². The fraction of sp³-hybridized carbons (Fsp3) is 0.292. The topological polar surface area (TPSA) is 109 Å². The molecule has 172 valence electrons. The molecule has 0 bridgehead atoms. The van der Waals surface area contributed by atoms with Crippen LogP contribution in [0.25, 0.3) is 0 Å². The average Bonchev–Trinajstić information content (AvgIpc) is 3.45. The molecule has 1 atom stereocenters. The van der Waals surface area contributed by atoms with Gasteiger partial charge < -0.3 is 28.5 Å². The summed E-state index contributed by atoms with van der Waals surface area (Å²) in [6.07, 6.45) is 1.15. The second-order valence-corrected chi connectivity index (χ2v) is 7.64. The maximum absolute atomic E-state index is 12.7. The van der Waals surface area contributed by atoms with Crippen LogP contribution in [0.2, 0.25) is 0 Å². The Balaban J connectivity index is 1.31. The van der Waals surface area contributed by atoms with E-state index < -0.39 is 18.5 Å². The van der Waals surface area contributed by atoms with E-state index in [1.54, 1.807) is 12.1 Å². The first kappa shape index (κ1) is 22.2. The molecule has 0 spiro atoms. The first-order valence-electron chi connectivity index (χ1n) is 10.5. The molecule has 0 unspecified atom stereocenters. The van der Waals surface area contributed by atoms with Crippen LogP contribution in [0.1, 0.15) is 32.3 Å². The minimum atomic E-state index is -0.719. The van der Waals surface area contributed by atoms with Crippen LogP contribution < -0.4 is 14.8 Å². The molecule has 33 heavy (non-hydrogen) atoms. The number of carbonyl (C=O) groups excluding carboxylic acids is 3. The van der Waals surface area contributed by atoms with Crippen LogP contribution in [0.4, 0.5) is 0 Å². The second-order valence-electron chi connectivity index (χ2n) is 7.64. The van der Waals surface area contributed by atoms with Crippen molar-refractivity contribution in [3.8, 4) is 11.5 Å². The van der Waals surface area contributed by atoms with Crippen molar-refractivity contribution in [1.82, 2.24) is 9.88 Å². The molecule has 1 aliphatic heterocycles. The van der Waals surface area contributed by atoms with Crippen molar-refractivity contribution in [3.05, 3.63) is 71.4 Å². The zero-order valence-corrected chi connectivity index (χ0v) is 18.3. The Hall–Kier alpha value is -4.01. The van der Waals surface area contributed by atoms with E-state index in [-0.39, 0.29) is 24.2 Å². The number of para-hydroxylation sites is 2. The van der Waals surface area contributed by atoms with Crippen LogP contribution >= 0.6 is 0 Å². The average molecular weight is 452 g/mol. The molecule has 3 aromatic rings. The molecule has 9 heteroatoms. The highest BCUT2D eigenvalue weighted by molar-refractivity contribution is 5.99. The number of aromatic nitrogens is 1. The zero-order chi connectivity index (χ0) is 23.4. The number of aryl methyl sites for hydroxylation is 1. The molecule has 1 amide bonds. The van der Waals surface area contributed by atoms with E-state index in [0.29, 0.717) is 30.2 Å². The number of rotatable bonds is 8. The minimum Gasteiger partial charge on any atom is -0.486 e. The summed E-state index contributed by atoms with van der Waals surface area (Å²) in [5.74, 6) is -0.0912. The molecule has 0 radical (unpaired) electrons. The summed E-state index contributed by atoms with van der Waals surface area (Å²) in [5.41, 5.74) is 2.11. The van der Waals surface area contributed by atoms with Gasteiger partial charge in [0, 0.05) is 17.0 Å². The number of nitrogens with one attached hydrogen (secondary N) is 1. The summed E-state index contributed by atoms with van der Waals surface area (Å²) in [5, 5.41) is 2.38. The number of ketones is 1. The van der Waals surface area contributed by atoms with Gasteiger partial charge in [0.25, 0.3) is 5.91 Å². The molecule has 0 saturated carbocycles. The third-order valence-corrected chi connectivity index (χ3v) is 5.33. The third kappa shape index (κ3) is 5.08. The lowest BCUT2D eigenvalue weighted by Crippen LogP contribution is -2.33. The summed E-state index contributed by atoms with van der Waals surface area (Å²) in [4.78, 5) is 36.4. The molecule has 2 aromatic heterocycles. The minimum absolute atomic E-state index is 0.0853. The number of nitrogens with zero attached hydrogens (tertiary/aromatic N) is 1. The van der Waals surface area contributed by atoms with Crippen LogP contribution in [0.5, 0.6) is 11.5 Å². The molecule has 3 heterocycles. The monoisotopic (exact) mass is 452 g/mol. The van der Waals surface area contributed by atoms with Crippen molar-refractivity contribution in [2.75, 3.05) is 19.8 Å². The van der Waals surface area contributed by atoms with Gasteiger partial charge >= 0.3 is 5.97 Å². The van der Waals surface area contributed by atoms with Gasteiger partial charge in [0.1, 0.15) is 13.2 Å². The summed E-state index contributed by atoms with van der Waals surface area (Å²) in [6, 6.07) is 12.3. The lowest BCUT2D eigenvalue weighted by atomic mass is 10.1. The van der Waals surface area contributed by atoms with E-state index in [4.69, 9.17) is 18.6 Å². The summed E-state index contributed by atoms with van der Waals surface area (Å²) < 4.78 is 23.8. The number of hydrogen-bond acceptors (Lipinski definition) is 7. The predicted octanol–water partition coefficient (Wildman–Crippen LogP) is 2.69. The number of carbonyl (C=O) groups is 3. The molecule has 4 rings (SSSR count). The number of furan rings is 1. The molecular weight excluding hydrogens is 428 g/mol. The van der Waals surface area contributed by atoms with E-state index >= 15 is 0 Å². The maximum Gasteiger partial charge on any atom is 0.325 e. The summed E-state index contributed by atoms with van der Waals surface area (Å²) >= 11 is 0. The van der Waals surface area contributed by atoms with Gasteiger partial charge in [-0.25, -0.2) is 0 Å². The number of benzene rings is 1. The quantitative estimate of drug-likeness (QED) is 0.413. The largest absolute Gasteiger partial charge is 0.486 e. The third-order valence-electron chi connectivity index (χ3n) is 5.33. The van der Waals surface area contributed by atoms with Gasteiger partial charge in [0.2, 0.25) is 5.78 Å². The normalized spacial score (nSPS) is 14.5. The van der Waals surface area contributed by atoms with Crippen LogP contribution in [-0.2, 0) is 16.1 Å². The number of fused-ring (bicyclic) bond motifs is 1. The Kier molecular flexibility index (Phi) is 6.48. The van der Waals surface area contributed by atoms with Gasteiger partial charge in [-0.15, -0.1) is 0 Å². The van der Waals surface area contributed by atoms with Crippen molar-refractivity contribution >= 4 is 17.7 Å². The number of ether oxygens (including phenoxy) is 3. The molecule has 1 aliphatic rings. The Bertz CT molecular complexity index is 1160. The molecule has 1 aromatic carbocycles. The highest BCUT2D eigenvalue weighted by Crippen LogP contribution is 2.31. The maximum atomic E-state index is 12.7. The smallest absolute Gasteiger partial charge is 0.325 e. The number of amides is 1. The van der Waals surface area contributed by atoms with Crippen molar-refractivity contribution < 1.29 is 33.0 Å². The molecule has 0 fully saturated rings. The second kappa shape index (κ2) is 9.64. The number of Topliss-reactive ketones (excluding diaryl/α,β-unsaturated/α-hetero) is 1. The fourth-order valence-corrected chi connectivity index (χ4v) is 3.64. The predicted molar refractivity (Wildman–Crippen MR) is 117 cm³/mol. The molecule has 9 nitrogen and oxygen atoms in total. The van der Waals surface area contributed by atoms with Gasteiger partial charge in [-0.1, -0.05) is 12.1 Å². The zero-order valence-electron chi connectivity index (χ0n) is 18.3. The van der Waals surface area contributed by atoms with Crippen molar-refractivity contribution in [2.24, 2.45) is 0 Å². The molecule has 0 saturated heterocycles. The Labute approximate surface area is 190 Å². The van der Waals surface area contributed by atoms with E-state index in [1.165, 1.54) is 12.3 Å². The Morgan fingerprint density at radius 3 is 2.67 bits per heavy atom. The molecular formula is C24H24N2O7. The SMILES string of the molecule is Cc1cc(C(=O)COC(=O)CNC(=O)c2ccco2)c(C)n1C[C@H]1COc2ccccc2O1. The van der Waals surface area contributed by atoms with Crippen molar-refractivity contribution in [3.63, 3.8) is 0 Å². The van der Waals surface area contributed by atoms with Crippen LogP contribution in [0.15, 0.2) is 53.1 Å². The highest BCUT2D eigenvalue weighted by atomic mass is 16.6. The van der Waals surface area contributed by atoms with E-state index in [2.05, 4.69) is 5.32 Å². The van der Waals surface area contributed by atoms with Crippen LogP contribution in [-0.4, -0.2) is 48.1 Å². The molecule has 0 aliphatic carbocycles. The number of esters is 1. The summed E-state index contributed by atoms with van der Waals surface area (Å²) in [7, 11) is 0. The van der Waals surface area contributed by atoms with Gasteiger partial charge in [-0.2, -0.15) is 0 Å². The van der Waals surface area contributed by atoms with E-state index in [9.17, 15) is 14.4 Å². The van der Waals surface area contributed by atoms with Crippen LogP contribution in [0.3, 0.4) is 0 Å². The van der Waals surface area contributed by atoms with Gasteiger partial charge in [0.05, 0.1) is 12.8 Å². The standard InChI is InChI=1S/C24H24N2O7/c1-15-10-18(19(27)14-32-23(28)11-25-24(29)22-8-5-9-30-22)16(2)26(15)12-17-13-31-20-6-3-4-7-21(20)33-17/h3-10,17H,11-14H2,1-2H3,(H,25,29)/t17-/m0/s1. The first-order valence-corrected chi connectivity index (χ1v) is 10.5. The highest BCUT2D eigenvalue weighted by Gasteiger charge is 2.24. The molecule has 1 N–H and O–H groups in total. The van der Waals surface area contributed by atoms with Gasteiger partial charge in [-0.3, -0.25) is 14.4 Å². The van der Waals surface area contributed by atoms with Crippen LogP contribution in [0, 0.1) is 13.8 Å². The number of hydrogen-bond donors (Lipinski definition) is 1. The van der Waals surface area contributed by atoms with Gasteiger partial charge in [-0.05, 0) is 44.2 Å². The first-order chi connectivity index (χ1) is 15.9.